The van der Waals surface area contributed by atoms with Crippen LogP contribution in [0.3, 0.4) is 0 Å². The van der Waals surface area contributed by atoms with Crippen LogP contribution in [0, 0.1) is 0 Å². The van der Waals surface area contributed by atoms with Crippen molar-refractivity contribution in [3.8, 4) is 0 Å². The van der Waals surface area contributed by atoms with Gasteiger partial charge in [-0.05, 0) is 19.4 Å². The fraction of sp³-hybridized carbons (Fsp3) is 1.00. The summed E-state index contributed by atoms with van der Waals surface area (Å²) in [5, 5.41) is 12.3. The maximum Gasteiger partial charge on any atom is 0.147 e. The molecular formula is C8H19NO3S. The molecule has 0 aliphatic rings. The van der Waals surface area contributed by atoms with Crippen molar-refractivity contribution in [2.45, 2.75) is 25.9 Å². The van der Waals surface area contributed by atoms with Crippen LogP contribution in [-0.2, 0) is 9.84 Å². The van der Waals surface area contributed by atoms with Crippen molar-refractivity contribution in [1.29, 1.82) is 0 Å². The third kappa shape index (κ3) is 9.79. The standard InChI is InChI=1S/C8H19NO3S/c1-3-5-9-7-8(10)4-6-13(2,11)12/h8-10H,3-7H2,1-2H3. The predicted molar refractivity (Wildman–Crippen MR) is 53.5 cm³/mol. The molecule has 0 rings (SSSR count). The molecule has 1 unspecified atom stereocenters. The summed E-state index contributed by atoms with van der Waals surface area (Å²) < 4.78 is 21.5. The van der Waals surface area contributed by atoms with E-state index >= 15 is 0 Å². The first-order valence-electron chi connectivity index (χ1n) is 4.52. The van der Waals surface area contributed by atoms with Gasteiger partial charge in [-0.1, -0.05) is 6.92 Å². The summed E-state index contributed by atoms with van der Waals surface area (Å²) in [5.74, 6) is 0.0575. The van der Waals surface area contributed by atoms with Crippen LogP contribution in [0.1, 0.15) is 19.8 Å². The molecule has 0 aromatic heterocycles. The molecule has 13 heavy (non-hydrogen) atoms. The van der Waals surface area contributed by atoms with Gasteiger partial charge in [0.15, 0.2) is 0 Å². The monoisotopic (exact) mass is 209 g/mol. The smallest absolute Gasteiger partial charge is 0.147 e. The number of hydrogen-bond acceptors (Lipinski definition) is 4. The van der Waals surface area contributed by atoms with E-state index in [2.05, 4.69) is 5.32 Å². The lowest BCUT2D eigenvalue weighted by molar-refractivity contribution is 0.168. The van der Waals surface area contributed by atoms with E-state index in [1.54, 1.807) is 0 Å². The van der Waals surface area contributed by atoms with E-state index in [4.69, 9.17) is 0 Å². The minimum absolute atomic E-state index is 0.0575. The molecule has 0 aliphatic heterocycles. The molecule has 0 aliphatic carbocycles. The van der Waals surface area contributed by atoms with Crippen LogP contribution in [0.25, 0.3) is 0 Å². The highest BCUT2D eigenvalue weighted by molar-refractivity contribution is 7.90. The Kier molecular flexibility index (Phi) is 6.28. The molecule has 0 bridgehead atoms. The summed E-state index contributed by atoms with van der Waals surface area (Å²) in [6.45, 7) is 3.37. The molecule has 2 N–H and O–H groups in total. The van der Waals surface area contributed by atoms with Gasteiger partial charge in [-0.2, -0.15) is 0 Å². The summed E-state index contributed by atoms with van der Waals surface area (Å²) in [6, 6.07) is 0. The van der Waals surface area contributed by atoms with Crippen LogP contribution in [0.4, 0.5) is 0 Å². The summed E-state index contributed by atoms with van der Waals surface area (Å²) in [6.07, 6.45) is 1.95. The molecule has 80 valence electrons. The maximum atomic E-state index is 10.7. The first kappa shape index (κ1) is 12.9. The van der Waals surface area contributed by atoms with Crippen LogP contribution in [0.15, 0.2) is 0 Å². The van der Waals surface area contributed by atoms with Gasteiger partial charge in [0.25, 0.3) is 0 Å². The normalized spacial score (nSPS) is 14.4. The highest BCUT2D eigenvalue weighted by Gasteiger charge is 2.08. The lowest BCUT2D eigenvalue weighted by Crippen LogP contribution is -2.28. The van der Waals surface area contributed by atoms with Gasteiger partial charge in [0.2, 0.25) is 0 Å². The Morgan fingerprint density at radius 3 is 2.54 bits per heavy atom. The molecule has 0 saturated heterocycles. The number of sulfone groups is 1. The molecule has 0 aromatic rings. The van der Waals surface area contributed by atoms with E-state index in [1.807, 2.05) is 6.92 Å². The van der Waals surface area contributed by atoms with Crippen molar-refractivity contribution in [2.75, 3.05) is 25.1 Å². The average Bonchev–Trinajstić information content (AvgIpc) is 2.00. The molecule has 0 amide bonds. The van der Waals surface area contributed by atoms with Gasteiger partial charge in [-0.3, -0.25) is 0 Å². The molecule has 0 radical (unpaired) electrons. The lowest BCUT2D eigenvalue weighted by Gasteiger charge is -2.10. The van der Waals surface area contributed by atoms with Crippen LogP contribution >= 0.6 is 0 Å². The minimum atomic E-state index is -2.94. The van der Waals surface area contributed by atoms with E-state index in [0.29, 0.717) is 13.0 Å². The van der Waals surface area contributed by atoms with Gasteiger partial charge in [0.05, 0.1) is 11.9 Å². The molecule has 0 aromatic carbocycles. The SMILES string of the molecule is CCCNCC(O)CCS(C)(=O)=O. The molecule has 4 nitrogen and oxygen atoms in total. The minimum Gasteiger partial charge on any atom is -0.392 e. The summed E-state index contributed by atoms with van der Waals surface area (Å²) in [4.78, 5) is 0. The molecule has 5 heteroatoms. The second-order valence-corrected chi connectivity index (χ2v) is 5.54. The fourth-order valence-electron chi connectivity index (χ4n) is 0.898. The predicted octanol–water partition coefficient (Wildman–Crippen LogP) is -0.218. The summed E-state index contributed by atoms with van der Waals surface area (Å²) in [5.41, 5.74) is 0. The first-order valence-corrected chi connectivity index (χ1v) is 6.58. The van der Waals surface area contributed by atoms with E-state index in [9.17, 15) is 13.5 Å². The Hall–Kier alpha value is -0.130. The van der Waals surface area contributed by atoms with E-state index in [-0.39, 0.29) is 5.75 Å². The van der Waals surface area contributed by atoms with Crippen molar-refractivity contribution in [3.05, 3.63) is 0 Å². The maximum absolute atomic E-state index is 10.7. The molecule has 0 fully saturated rings. The van der Waals surface area contributed by atoms with Crippen LogP contribution in [-0.4, -0.2) is 44.7 Å². The van der Waals surface area contributed by atoms with Crippen molar-refractivity contribution in [1.82, 2.24) is 5.32 Å². The van der Waals surface area contributed by atoms with Crippen molar-refractivity contribution in [2.24, 2.45) is 0 Å². The van der Waals surface area contributed by atoms with E-state index < -0.39 is 15.9 Å². The number of aliphatic hydroxyl groups excluding tert-OH is 1. The molecule has 0 saturated carbocycles. The number of aliphatic hydroxyl groups is 1. The molecular weight excluding hydrogens is 190 g/mol. The third-order valence-corrected chi connectivity index (χ3v) is 2.61. The number of nitrogens with one attached hydrogen (secondary N) is 1. The quantitative estimate of drug-likeness (QED) is 0.569. The van der Waals surface area contributed by atoms with Gasteiger partial charge < -0.3 is 10.4 Å². The zero-order valence-electron chi connectivity index (χ0n) is 8.28. The van der Waals surface area contributed by atoms with Crippen LogP contribution < -0.4 is 5.32 Å². The van der Waals surface area contributed by atoms with Crippen molar-refractivity contribution in [3.63, 3.8) is 0 Å². The summed E-state index contributed by atoms with van der Waals surface area (Å²) >= 11 is 0. The van der Waals surface area contributed by atoms with Crippen molar-refractivity contribution < 1.29 is 13.5 Å². The van der Waals surface area contributed by atoms with Gasteiger partial charge in [-0.25, -0.2) is 8.42 Å². The highest BCUT2D eigenvalue weighted by Crippen LogP contribution is 1.94. The molecule has 1 atom stereocenters. The van der Waals surface area contributed by atoms with Gasteiger partial charge in [-0.15, -0.1) is 0 Å². The fourth-order valence-corrected chi connectivity index (χ4v) is 1.60. The van der Waals surface area contributed by atoms with Crippen molar-refractivity contribution >= 4 is 9.84 Å². The van der Waals surface area contributed by atoms with Gasteiger partial charge in [0.1, 0.15) is 9.84 Å². The first-order chi connectivity index (χ1) is 5.95. The Bertz CT molecular complexity index is 213. The van der Waals surface area contributed by atoms with Crippen LogP contribution in [0.5, 0.6) is 0 Å². The van der Waals surface area contributed by atoms with Gasteiger partial charge in [0, 0.05) is 12.8 Å². The Morgan fingerprint density at radius 1 is 1.46 bits per heavy atom. The number of hydrogen-bond donors (Lipinski definition) is 2. The second kappa shape index (κ2) is 6.34. The van der Waals surface area contributed by atoms with Crippen LogP contribution in [0.2, 0.25) is 0 Å². The lowest BCUT2D eigenvalue weighted by atomic mass is 10.3. The van der Waals surface area contributed by atoms with Gasteiger partial charge >= 0.3 is 0 Å². The largest absolute Gasteiger partial charge is 0.392 e. The van der Waals surface area contributed by atoms with E-state index in [0.717, 1.165) is 13.0 Å². The summed E-state index contributed by atoms with van der Waals surface area (Å²) in [7, 11) is -2.94. The second-order valence-electron chi connectivity index (χ2n) is 3.28. The van der Waals surface area contributed by atoms with E-state index in [1.165, 1.54) is 6.26 Å². The Morgan fingerprint density at radius 2 is 2.08 bits per heavy atom. The third-order valence-electron chi connectivity index (χ3n) is 1.63. The highest BCUT2D eigenvalue weighted by atomic mass is 32.2. The Balaban J connectivity index is 3.46. The average molecular weight is 209 g/mol. The zero-order chi connectivity index (χ0) is 10.3. The molecule has 0 spiro atoms. The zero-order valence-corrected chi connectivity index (χ0v) is 9.10. The topological polar surface area (TPSA) is 66.4 Å². The molecule has 0 heterocycles. The Labute approximate surface area is 80.3 Å². The number of rotatable bonds is 7.